The number of nitrogens with zero attached hydrogens (tertiary/aromatic N) is 3. The molecule has 0 spiro atoms. The number of carbonyl (C=O) groups is 1. The first-order valence-electron chi connectivity index (χ1n) is 7.55. The molecule has 2 aromatic rings. The van der Waals surface area contributed by atoms with Gasteiger partial charge in [0.05, 0.1) is 23.1 Å². The van der Waals surface area contributed by atoms with Crippen LogP contribution in [-0.2, 0) is 4.79 Å². The summed E-state index contributed by atoms with van der Waals surface area (Å²) >= 11 is 5.55. The van der Waals surface area contributed by atoms with Gasteiger partial charge in [0, 0.05) is 0 Å². The third kappa shape index (κ3) is 4.16. The average molecular weight is 425 g/mol. The Labute approximate surface area is 160 Å². The van der Waals surface area contributed by atoms with Gasteiger partial charge in [-0.2, -0.15) is 5.10 Å². The number of anilines is 1. The van der Waals surface area contributed by atoms with Crippen molar-refractivity contribution in [3.8, 4) is 5.75 Å². The Hall–Kier alpha value is -2.89. The fourth-order valence-corrected chi connectivity index (χ4v) is 2.61. The zero-order valence-corrected chi connectivity index (χ0v) is 15.1. The molecular formula is C15H13ClF4N4O4. The molecule has 1 aromatic heterocycles. The highest BCUT2D eigenvalue weighted by Crippen LogP contribution is 2.36. The minimum atomic E-state index is -3.28. The Kier molecular flexibility index (Phi) is 6.44. The van der Waals surface area contributed by atoms with Crippen LogP contribution in [0.2, 0.25) is 5.02 Å². The number of rotatable bonds is 7. The summed E-state index contributed by atoms with van der Waals surface area (Å²) in [5, 5.41) is 15.7. The van der Waals surface area contributed by atoms with Crippen molar-refractivity contribution in [2.24, 2.45) is 0 Å². The Morgan fingerprint density at radius 2 is 1.96 bits per heavy atom. The van der Waals surface area contributed by atoms with Crippen LogP contribution in [0.4, 0.5) is 28.9 Å². The second-order valence-electron chi connectivity index (χ2n) is 5.44. The number of benzene rings is 1. The number of methoxy groups -OCH3 is 1. The SMILES string of the molecule is COc1ccc(NC(=O)C(C)n2nc(C(F)F)c(Cl)c2C(F)F)c([N+](=O)[O-])c1. The lowest BCUT2D eigenvalue weighted by atomic mass is 10.2. The third-order valence-electron chi connectivity index (χ3n) is 3.73. The number of nitro benzene ring substituents is 1. The van der Waals surface area contributed by atoms with Gasteiger partial charge in [0.1, 0.15) is 28.9 Å². The van der Waals surface area contributed by atoms with E-state index in [1.54, 1.807) is 0 Å². The normalized spacial score (nSPS) is 12.3. The molecule has 1 unspecified atom stereocenters. The molecule has 1 amide bonds. The minimum Gasteiger partial charge on any atom is -0.496 e. The first kappa shape index (κ1) is 21.4. The fraction of sp³-hybridized carbons (Fsp3) is 0.333. The standard InChI is InChI=1S/C15H13ClF4N4O4/c1-6(23-12(14(19)20)10(16)11(22-23)13(17)18)15(25)21-8-4-3-7(28-2)5-9(8)24(26)27/h3-6,13-14H,1-2H3,(H,21,25). The molecule has 0 aliphatic carbocycles. The van der Waals surface area contributed by atoms with Gasteiger partial charge in [0.15, 0.2) is 0 Å². The molecule has 8 nitrogen and oxygen atoms in total. The van der Waals surface area contributed by atoms with E-state index in [1.165, 1.54) is 19.2 Å². The molecule has 0 aliphatic heterocycles. The quantitative estimate of drug-likeness (QED) is 0.400. The van der Waals surface area contributed by atoms with Gasteiger partial charge in [0.25, 0.3) is 18.5 Å². The van der Waals surface area contributed by atoms with Crippen LogP contribution in [0.15, 0.2) is 18.2 Å². The molecule has 1 aromatic carbocycles. The Bertz CT molecular complexity index is 906. The van der Waals surface area contributed by atoms with Crippen LogP contribution in [0.1, 0.15) is 37.2 Å². The molecule has 1 N–H and O–H groups in total. The average Bonchev–Trinajstić information content (AvgIpc) is 2.98. The van der Waals surface area contributed by atoms with Crippen LogP contribution < -0.4 is 10.1 Å². The summed E-state index contributed by atoms with van der Waals surface area (Å²) in [4.78, 5) is 22.8. The Morgan fingerprint density at radius 3 is 2.46 bits per heavy atom. The number of hydrogen-bond donors (Lipinski definition) is 1. The van der Waals surface area contributed by atoms with E-state index in [0.29, 0.717) is 4.68 Å². The number of hydrogen-bond acceptors (Lipinski definition) is 5. The number of ether oxygens (including phenoxy) is 1. The largest absolute Gasteiger partial charge is 0.496 e. The molecule has 13 heteroatoms. The number of halogens is 5. The molecule has 152 valence electrons. The van der Waals surface area contributed by atoms with E-state index < -0.39 is 51.8 Å². The van der Waals surface area contributed by atoms with Gasteiger partial charge in [-0.1, -0.05) is 11.6 Å². The van der Waals surface area contributed by atoms with Gasteiger partial charge in [0.2, 0.25) is 5.91 Å². The van der Waals surface area contributed by atoms with Gasteiger partial charge in [-0.3, -0.25) is 14.9 Å². The number of aromatic nitrogens is 2. The molecule has 28 heavy (non-hydrogen) atoms. The number of alkyl halides is 4. The lowest BCUT2D eigenvalue weighted by Gasteiger charge is -2.16. The second-order valence-corrected chi connectivity index (χ2v) is 5.81. The summed E-state index contributed by atoms with van der Waals surface area (Å²) in [5.41, 5.74) is -2.90. The smallest absolute Gasteiger partial charge is 0.296 e. The highest BCUT2D eigenvalue weighted by atomic mass is 35.5. The van der Waals surface area contributed by atoms with Crippen molar-refractivity contribution in [1.29, 1.82) is 0 Å². The van der Waals surface area contributed by atoms with E-state index in [-0.39, 0.29) is 11.4 Å². The summed E-state index contributed by atoms with van der Waals surface area (Å²) < 4.78 is 57.6. The molecule has 0 bridgehead atoms. The molecule has 0 saturated heterocycles. The van der Waals surface area contributed by atoms with Gasteiger partial charge >= 0.3 is 0 Å². The summed E-state index contributed by atoms with van der Waals surface area (Å²) in [7, 11) is 1.29. The van der Waals surface area contributed by atoms with E-state index in [4.69, 9.17) is 16.3 Å². The Morgan fingerprint density at radius 1 is 1.32 bits per heavy atom. The lowest BCUT2D eigenvalue weighted by Crippen LogP contribution is -2.26. The molecule has 0 saturated carbocycles. The number of nitro groups is 1. The fourth-order valence-electron chi connectivity index (χ4n) is 2.32. The van der Waals surface area contributed by atoms with Crippen LogP contribution in [0.3, 0.4) is 0 Å². The topological polar surface area (TPSA) is 99.3 Å². The van der Waals surface area contributed by atoms with E-state index in [1.807, 2.05) is 0 Å². The monoisotopic (exact) mass is 424 g/mol. The van der Waals surface area contributed by atoms with Gasteiger partial charge in [-0.15, -0.1) is 0 Å². The zero-order valence-electron chi connectivity index (χ0n) is 14.3. The molecule has 1 heterocycles. The predicted molar refractivity (Wildman–Crippen MR) is 90.1 cm³/mol. The van der Waals surface area contributed by atoms with Crippen molar-refractivity contribution in [3.05, 3.63) is 44.7 Å². The maximum atomic E-state index is 13.2. The van der Waals surface area contributed by atoms with Gasteiger partial charge in [-0.25, -0.2) is 22.2 Å². The summed E-state index contributed by atoms with van der Waals surface area (Å²) in [5.74, 6) is -0.853. The molecule has 0 fully saturated rings. The van der Waals surface area contributed by atoms with Crippen molar-refractivity contribution in [2.75, 3.05) is 12.4 Å². The zero-order chi connectivity index (χ0) is 21.2. The van der Waals surface area contributed by atoms with E-state index in [9.17, 15) is 32.5 Å². The minimum absolute atomic E-state index is 0.151. The lowest BCUT2D eigenvalue weighted by molar-refractivity contribution is -0.384. The van der Waals surface area contributed by atoms with Crippen molar-refractivity contribution >= 4 is 28.9 Å². The predicted octanol–water partition coefficient (Wildman–Crippen LogP) is 4.53. The van der Waals surface area contributed by atoms with Crippen LogP contribution in [-0.4, -0.2) is 27.7 Å². The molecule has 1 atom stereocenters. The van der Waals surface area contributed by atoms with Crippen molar-refractivity contribution < 1.29 is 32.0 Å². The second kappa shape index (κ2) is 8.42. The molecular weight excluding hydrogens is 412 g/mol. The number of amides is 1. The van der Waals surface area contributed by atoms with Gasteiger partial charge in [-0.05, 0) is 19.1 Å². The van der Waals surface area contributed by atoms with Crippen molar-refractivity contribution in [1.82, 2.24) is 9.78 Å². The molecule has 0 aliphatic rings. The third-order valence-corrected chi connectivity index (χ3v) is 4.12. The van der Waals surface area contributed by atoms with Crippen LogP contribution >= 0.6 is 11.6 Å². The highest BCUT2D eigenvalue weighted by molar-refractivity contribution is 6.32. The van der Waals surface area contributed by atoms with Crippen molar-refractivity contribution in [2.45, 2.75) is 25.8 Å². The van der Waals surface area contributed by atoms with E-state index >= 15 is 0 Å². The molecule has 0 radical (unpaired) electrons. The Balaban J connectivity index is 2.39. The maximum Gasteiger partial charge on any atom is 0.296 e. The number of nitrogens with one attached hydrogen (secondary N) is 1. The first-order valence-corrected chi connectivity index (χ1v) is 7.93. The maximum absolute atomic E-state index is 13.2. The van der Waals surface area contributed by atoms with Gasteiger partial charge < -0.3 is 10.1 Å². The highest BCUT2D eigenvalue weighted by Gasteiger charge is 2.32. The number of carbonyl (C=O) groups excluding carboxylic acids is 1. The van der Waals surface area contributed by atoms with Crippen LogP contribution in [0, 0.1) is 10.1 Å². The molecule has 2 rings (SSSR count). The van der Waals surface area contributed by atoms with Crippen molar-refractivity contribution in [3.63, 3.8) is 0 Å². The van der Waals surface area contributed by atoms with Crippen LogP contribution in [0.25, 0.3) is 0 Å². The first-order chi connectivity index (χ1) is 13.1. The summed E-state index contributed by atoms with van der Waals surface area (Å²) in [6.07, 6.45) is -6.51. The van der Waals surface area contributed by atoms with E-state index in [0.717, 1.165) is 13.0 Å². The summed E-state index contributed by atoms with van der Waals surface area (Å²) in [6.45, 7) is 1.11. The van der Waals surface area contributed by atoms with E-state index in [2.05, 4.69) is 10.4 Å². The van der Waals surface area contributed by atoms with Crippen LogP contribution in [0.5, 0.6) is 5.75 Å². The summed E-state index contributed by atoms with van der Waals surface area (Å²) in [6, 6.07) is 2.04.